The Morgan fingerprint density at radius 1 is 1.24 bits per heavy atom. The lowest BCUT2D eigenvalue weighted by Gasteiger charge is -2.42. The molecule has 5 heteroatoms. The first-order valence-electron chi connectivity index (χ1n) is 7.36. The zero-order chi connectivity index (χ0) is 14.9. The molecule has 0 radical (unpaired) electrons. The van der Waals surface area contributed by atoms with Gasteiger partial charge in [-0.25, -0.2) is 0 Å². The van der Waals surface area contributed by atoms with Crippen molar-refractivity contribution in [3.63, 3.8) is 0 Å². The summed E-state index contributed by atoms with van der Waals surface area (Å²) in [5.41, 5.74) is 0.367. The van der Waals surface area contributed by atoms with Gasteiger partial charge in [-0.3, -0.25) is 4.79 Å². The van der Waals surface area contributed by atoms with Gasteiger partial charge in [0.1, 0.15) is 5.41 Å². The summed E-state index contributed by atoms with van der Waals surface area (Å²) in [6, 6.07) is 10.0. The minimum atomic E-state index is -0.724. The summed E-state index contributed by atoms with van der Waals surface area (Å²) in [4.78, 5) is 16.6. The number of rotatable bonds is 2. The van der Waals surface area contributed by atoms with Gasteiger partial charge in [-0.15, -0.1) is 0 Å². The Morgan fingerprint density at radius 2 is 1.95 bits per heavy atom. The molecule has 1 heterocycles. The number of hydrogen-bond donors (Lipinski definition) is 0. The molecule has 1 aromatic rings. The predicted octanol–water partition coefficient (Wildman–Crippen LogP) is 2.68. The normalized spacial score (nSPS) is 20.6. The van der Waals surface area contributed by atoms with Crippen LogP contribution in [-0.4, -0.2) is 37.0 Å². The van der Waals surface area contributed by atoms with Crippen molar-refractivity contribution < 1.29 is 4.79 Å². The van der Waals surface area contributed by atoms with Gasteiger partial charge in [0.2, 0.25) is 5.91 Å². The number of nitriles is 1. The van der Waals surface area contributed by atoms with E-state index in [4.69, 9.17) is 11.6 Å². The zero-order valence-corrected chi connectivity index (χ0v) is 12.6. The smallest absolute Gasteiger partial charge is 0.243 e. The van der Waals surface area contributed by atoms with Crippen LogP contribution in [0.15, 0.2) is 24.3 Å². The maximum absolute atomic E-state index is 12.5. The molecule has 4 nitrogen and oxygen atoms in total. The monoisotopic (exact) mass is 303 g/mol. The second kappa shape index (κ2) is 5.57. The van der Waals surface area contributed by atoms with Gasteiger partial charge in [0.25, 0.3) is 0 Å². The van der Waals surface area contributed by atoms with Crippen molar-refractivity contribution in [2.45, 2.75) is 19.3 Å². The number of piperazine rings is 1. The molecule has 1 aliphatic heterocycles. The fourth-order valence-electron chi connectivity index (χ4n) is 3.05. The minimum absolute atomic E-state index is 0.0296. The van der Waals surface area contributed by atoms with Crippen LogP contribution in [0, 0.1) is 16.7 Å². The van der Waals surface area contributed by atoms with E-state index in [1.165, 1.54) is 0 Å². The lowest BCUT2D eigenvalue weighted by molar-refractivity contribution is -0.143. The molecule has 1 aliphatic carbocycles. The third-order valence-corrected chi connectivity index (χ3v) is 4.81. The maximum atomic E-state index is 12.5. The predicted molar refractivity (Wildman–Crippen MR) is 82.1 cm³/mol. The quantitative estimate of drug-likeness (QED) is 0.844. The number of carbonyl (C=O) groups is 1. The summed E-state index contributed by atoms with van der Waals surface area (Å²) in [5.74, 6) is 0.0296. The van der Waals surface area contributed by atoms with Crippen molar-refractivity contribution in [2.24, 2.45) is 5.41 Å². The number of halogens is 1. The van der Waals surface area contributed by atoms with Crippen LogP contribution in [-0.2, 0) is 4.79 Å². The number of benzene rings is 1. The van der Waals surface area contributed by atoms with Gasteiger partial charge in [-0.2, -0.15) is 5.26 Å². The Labute approximate surface area is 129 Å². The molecule has 0 N–H and O–H groups in total. The van der Waals surface area contributed by atoms with E-state index in [1.807, 2.05) is 29.2 Å². The Hall–Kier alpha value is -1.73. The number of nitrogens with zero attached hydrogens (tertiary/aromatic N) is 3. The molecular weight excluding hydrogens is 286 g/mol. The molecule has 21 heavy (non-hydrogen) atoms. The fourth-order valence-corrected chi connectivity index (χ4v) is 3.23. The van der Waals surface area contributed by atoms with E-state index in [1.54, 1.807) is 0 Å². The van der Waals surface area contributed by atoms with Crippen molar-refractivity contribution in [3.05, 3.63) is 29.3 Å². The topological polar surface area (TPSA) is 47.3 Å². The highest BCUT2D eigenvalue weighted by atomic mass is 35.5. The highest BCUT2D eigenvalue weighted by Gasteiger charge is 2.47. The second-order valence-corrected chi connectivity index (χ2v) is 6.24. The van der Waals surface area contributed by atoms with Gasteiger partial charge in [0, 0.05) is 36.9 Å². The van der Waals surface area contributed by atoms with Gasteiger partial charge in [0.15, 0.2) is 0 Å². The van der Waals surface area contributed by atoms with E-state index in [0.29, 0.717) is 13.1 Å². The summed E-state index contributed by atoms with van der Waals surface area (Å²) >= 11 is 6.02. The van der Waals surface area contributed by atoms with Gasteiger partial charge in [0.05, 0.1) is 6.07 Å². The minimum Gasteiger partial charge on any atom is -0.368 e. The first-order chi connectivity index (χ1) is 10.1. The van der Waals surface area contributed by atoms with Crippen LogP contribution >= 0.6 is 11.6 Å². The van der Waals surface area contributed by atoms with E-state index in [-0.39, 0.29) is 5.91 Å². The van der Waals surface area contributed by atoms with Crippen molar-refractivity contribution in [2.75, 3.05) is 31.1 Å². The van der Waals surface area contributed by atoms with E-state index in [9.17, 15) is 10.1 Å². The second-order valence-electron chi connectivity index (χ2n) is 5.81. The van der Waals surface area contributed by atoms with E-state index >= 15 is 0 Å². The Balaban J connectivity index is 1.63. The average Bonchev–Trinajstić information content (AvgIpc) is 2.47. The highest BCUT2D eigenvalue weighted by molar-refractivity contribution is 6.30. The number of anilines is 1. The molecule has 1 aromatic carbocycles. The molecule has 1 amide bonds. The number of carbonyl (C=O) groups excluding carboxylic acids is 1. The van der Waals surface area contributed by atoms with Crippen molar-refractivity contribution in [3.8, 4) is 6.07 Å². The summed E-state index contributed by atoms with van der Waals surface area (Å²) in [6.45, 7) is 2.92. The van der Waals surface area contributed by atoms with Crippen LogP contribution in [0.1, 0.15) is 19.3 Å². The molecule has 0 unspecified atom stereocenters. The molecule has 0 aromatic heterocycles. The summed E-state index contributed by atoms with van der Waals surface area (Å²) in [5, 5.41) is 10.0. The standard InChI is InChI=1S/C16H18ClN3O/c17-13-3-1-4-14(11-13)19-7-9-20(10-8-19)15(21)16(12-18)5-2-6-16/h1,3-4,11H,2,5-10H2. The van der Waals surface area contributed by atoms with E-state index in [2.05, 4.69) is 11.0 Å². The highest BCUT2D eigenvalue weighted by Crippen LogP contribution is 2.42. The molecule has 2 fully saturated rings. The molecule has 0 atom stereocenters. The molecule has 2 aliphatic rings. The van der Waals surface area contributed by atoms with Crippen molar-refractivity contribution in [1.29, 1.82) is 5.26 Å². The SMILES string of the molecule is N#CC1(C(=O)N2CCN(c3cccc(Cl)c3)CC2)CCC1. The van der Waals surface area contributed by atoms with Crippen LogP contribution in [0.3, 0.4) is 0 Å². The molecule has 3 rings (SSSR count). The van der Waals surface area contributed by atoms with Gasteiger partial charge in [-0.1, -0.05) is 17.7 Å². The zero-order valence-electron chi connectivity index (χ0n) is 11.9. The molecule has 1 saturated heterocycles. The summed E-state index contributed by atoms with van der Waals surface area (Å²) in [6.07, 6.45) is 2.43. The lowest BCUT2D eigenvalue weighted by Crippen LogP contribution is -2.54. The Kier molecular flexibility index (Phi) is 3.77. The largest absolute Gasteiger partial charge is 0.368 e. The molecule has 110 valence electrons. The molecular formula is C16H18ClN3O. The Morgan fingerprint density at radius 3 is 2.48 bits per heavy atom. The first kappa shape index (κ1) is 14.2. The van der Waals surface area contributed by atoms with E-state index in [0.717, 1.165) is 43.1 Å². The summed E-state index contributed by atoms with van der Waals surface area (Å²) < 4.78 is 0. The van der Waals surface area contributed by atoms with Gasteiger partial charge in [-0.05, 0) is 37.5 Å². The fraction of sp³-hybridized carbons (Fsp3) is 0.500. The maximum Gasteiger partial charge on any atom is 0.243 e. The van der Waals surface area contributed by atoms with Gasteiger partial charge < -0.3 is 9.80 Å². The van der Waals surface area contributed by atoms with Crippen LogP contribution in [0.4, 0.5) is 5.69 Å². The lowest BCUT2D eigenvalue weighted by atomic mass is 9.69. The molecule has 0 spiro atoms. The third kappa shape index (κ3) is 2.58. The van der Waals surface area contributed by atoms with Gasteiger partial charge >= 0.3 is 0 Å². The molecule has 1 saturated carbocycles. The number of hydrogen-bond acceptors (Lipinski definition) is 3. The van der Waals surface area contributed by atoms with Crippen molar-refractivity contribution in [1.82, 2.24) is 4.90 Å². The molecule has 0 bridgehead atoms. The van der Waals surface area contributed by atoms with Crippen LogP contribution in [0.25, 0.3) is 0 Å². The Bertz CT molecular complexity index is 583. The third-order valence-electron chi connectivity index (χ3n) is 4.57. The van der Waals surface area contributed by atoms with Crippen LogP contribution < -0.4 is 4.90 Å². The number of amides is 1. The van der Waals surface area contributed by atoms with Crippen LogP contribution in [0.5, 0.6) is 0 Å². The first-order valence-corrected chi connectivity index (χ1v) is 7.74. The van der Waals surface area contributed by atoms with E-state index < -0.39 is 5.41 Å². The van der Waals surface area contributed by atoms with Crippen LogP contribution in [0.2, 0.25) is 5.02 Å². The average molecular weight is 304 g/mol. The van der Waals surface area contributed by atoms with Crippen molar-refractivity contribution >= 4 is 23.2 Å². The summed E-state index contributed by atoms with van der Waals surface area (Å²) in [7, 11) is 0.